The Bertz CT molecular complexity index is 387. The third-order valence-corrected chi connectivity index (χ3v) is 4.17. The van der Waals surface area contributed by atoms with Crippen LogP contribution in [0.5, 0.6) is 0 Å². The van der Waals surface area contributed by atoms with Gasteiger partial charge in [-0.1, -0.05) is 30.6 Å². The van der Waals surface area contributed by atoms with E-state index in [0.717, 1.165) is 43.5 Å². The van der Waals surface area contributed by atoms with Crippen molar-refractivity contribution in [2.24, 2.45) is 11.7 Å². The highest BCUT2D eigenvalue weighted by atomic mass is 32.1. The number of nitrogens with two attached hydrogens (primary N) is 1. The Morgan fingerprint density at radius 2 is 2.11 bits per heavy atom. The summed E-state index contributed by atoms with van der Waals surface area (Å²) in [7, 11) is 0. The molecule has 1 aromatic rings. The standard InChI is InChI=1S/C12H20N4OS/c13-8-4-7-10-15-16-12(18-10)14-11(17)9-5-2-1-3-6-9/h9H,1-8,13H2,(H,14,16,17). The molecule has 0 spiro atoms. The SMILES string of the molecule is NCCCc1nnc(NC(=O)C2CCCCC2)s1. The summed E-state index contributed by atoms with van der Waals surface area (Å²) in [6.07, 6.45) is 7.34. The van der Waals surface area contributed by atoms with Gasteiger partial charge in [-0.25, -0.2) is 0 Å². The average molecular weight is 268 g/mol. The summed E-state index contributed by atoms with van der Waals surface area (Å²) in [6, 6.07) is 0. The van der Waals surface area contributed by atoms with Gasteiger partial charge in [0.2, 0.25) is 11.0 Å². The molecule has 1 saturated carbocycles. The first kappa shape index (κ1) is 13.4. The molecule has 1 aromatic heterocycles. The van der Waals surface area contributed by atoms with Crippen molar-refractivity contribution in [3.63, 3.8) is 0 Å². The van der Waals surface area contributed by atoms with Crippen LogP contribution in [0.25, 0.3) is 0 Å². The molecule has 1 fully saturated rings. The fraction of sp³-hybridized carbons (Fsp3) is 0.750. The van der Waals surface area contributed by atoms with Gasteiger partial charge in [-0.3, -0.25) is 4.79 Å². The molecule has 0 saturated heterocycles. The lowest BCUT2D eigenvalue weighted by molar-refractivity contribution is -0.120. The first-order valence-corrected chi connectivity index (χ1v) is 7.44. The number of hydrogen-bond acceptors (Lipinski definition) is 5. The van der Waals surface area contributed by atoms with Crippen molar-refractivity contribution >= 4 is 22.4 Å². The van der Waals surface area contributed by atoms with Gasteiger partial charge in [0.05, 0.1) is 0 Å². The Labute approximate surface area is 111 Å². The number of amides is 1. The van der Waals surface area contributed by atoms with E-state index in [0.29, 0.717) is 11.7 Å². The summed E-state index contributed by atoms with van der Waals surface area (Å²) in [6.45, 7) is 0.656. The lowest BCUT2D eigenvalue weighted by Gasteiger charge is -2.19. The molecule has 1 aliphatic rings. The molecular weight excluding hydrogens is 248 g/mol. The minimum absolute atomic E-state index is 0.108. The predicted molar refractivity (Wildman–Crippen MR) is 72.5 cm³/mol. The van der Waals surface area contributed by atoms with Gasteiger partial charge in [-0.05, 0) is 25.8 Å². The number of aromatic nitrogens is 2. The van der Waals surface area contributed by atoms with Crippen LogP contribution in [0.4, 0.5) is 5.13 Å². The van der Waals surface area contributed by atoms with E-state index < -0.39 is 0 Å². The molecule has 0 bridgehead atoms. The molecule has 0 aliphatic heterocycles. The Morgan fingerprint density at radius 1 is 1.33 bits per heavy atom. The van der Waals surface area contributed by atoms with Crippen LogP contribution >= 0.6 is 11.3 Å². The van der Waals surface area contributed by atoms with Crippen LogP contribution in [0.1, 0.15) is 43.5 Å². The zero-order valence-corrected chi connectivity index (χ0v) is 11.3. The molecule has 1 amide bonds. The highest BCUT2D eigenvalue weighted by Gasteiger charge is 2.21. The molecule has 0 radical (unpaired) electrons. The molecule has 0 unspecified atom stereocenters. The third kappa shape index (κ3) is 3.74. The summed E-state index contributed by atoms with van der Waals surface area (Å²) < 4.78 is 0. The molecule has 18 heavy (non-hydrogen) atoms. The molecule has 100 valence electrons. The quantitative estimate of drug-likeness (QED) is 0.855. The van der Waals surface area contributed by atoms with Gasteiger partial charge >= 0.3 is 0 Å². The summed E-state index contributed by atoms with van der Waals surface area (Å²) in [5.41, 5.74) is 5.45. The minimum atomic E-state index is 0.108. The number of aryl methyl sites for hydroxylation is 1. The van der Waals surface area contributed by atoms with Crippen molar-refractivity contribution in [3.8, 4) is 0 Å². The Morgan fingerprint density at radius 3 is 2.83 bits per heavy atom. The maximum atomic E-state index is 12.0. The number of anilines is 1. The molecular formula is C12H20N4OS. The lowest BCUT2D eigenvalue weighted by Crippen LogP contribution is -2.24. The molecule has 2 rings (SSSR count). The van der Waals surface area contributed by atoms with Crippen molar-refractivity contribution in [1.29, 1.82) is 0 Å². The van der Waals surface area contributed by atoms with E-state index in [9.17, 15) is 4.79 Å². The van der Waals surface area contributed by atoms with Crippen molar-refractivity contribution in [3.05, 3.63) is 5.01 Å². The van der Waals surface area contributed by atoms with Crippen molar-refractivity contribution in [2.45, 2.75) is 44.9 Å². The smallest absolute Gasteiger partial charge is 0.229 e. The summed E-state index contributed by atoms with van der Waals surface area (Å²) in [5, 5.41) is 12.5. The Balaban J connectivity index is 1.84. The summed E-state index contributed by atoms with van der Waals surface area (Å²) in [4.78, 5) is 12.0. The van der Waals surface area contributed by atoms with E-state index in [-0.39, 0.29) is 11.8 Å². The van der Waals surface area contributed by atoms with Gasteiger partial charge in [-0.2, -0.15) is 0 Å². The maximum absolute atomic E-state index is 12.0. The van der Waals surface area contributed by atoms with E-state index in [1.165, 1.54) is 17.8 Å². The summed E-state index contributed by atoms with van der Waals surface area (Å²) >= 11 is 1.46. The number of hydrogen-bond donors (Lipinski definition) is 2. The van der Waals surface area contributed by atoms with Gasteiger partial charge in [0.25, 0.3) is 0 Å². The van der Waals surface area contributed by atoms with Crippen LogP contribution in [0.2, 0.25) is 0 Å². The van der Waals surface area contributed by atoms with E-state index >= 15 is 0 Å². The van der Waals surface area contributed by atoms with E-state index in [4.69, 9.17) is 5.73 Å². The Hall–Kier alpha value is -1.01. The average Bonchev–Trinajstić information content (AvgIpc) is 2.85. The normalized spacial score (nSPS) is 16.7. The number of rotatable bonds is 5. The van der Waals surface area contributed by atoms with Crippen LogP contribution in [0.15, 0.2) is 0 Å². The molecule has 6 heteroatoms. The molecule has 5 nitrogen and oxygen atoms in total. The van der Waals surface area contributed by atoms with Crippen molar-refractivity contribution < 1.29 is 4.79 Å². The van der Waals surface area contributed by atoms with Crippen LogP contribution in [0.3, 0.4) is 0 Å². The largest absolute Gasteiger partial charge is 0.330 e. The number of carbonyl (C=O) groups is 1. The van der Waals surface area contributed by atoms with E-state index in [2.05, 4.69) is 15.5 Å². The van der Waals surface area contributed by atoms with E-state index in [1.807, 2.05) is 0 Å². The summed E-state index contributed by atoms with van der Waals surface area (Å²) in [5.74, 6) is 0.270. The second-order valence-electron chi connectivity index (χ2n) is 4.72. The molecule has 1 heterocycles. The topological polar surface area (TPSA) is 80.9 Å². The molecule has 0 atom stereocenters. The molecule has 3 N–H and O–H groups in total. The monoisotopic (exact) mass is 268 g/mol. The van der Waals surface area contributed by atoms with Crippen LogP contribution in [-0.2, 0) is 11.2 Å². The highest BCUT2D eigenvalue weighted by molar-refractivity contribution is 7.15. The van der Waals surface area contributed by atoms with Gasteiger partial charge in [-0.15, -0.1) is 10.2 Å². The first-order valence-electron chi connectivity index (χ1n) is 6.63. The molecule has 0 aromatic carbocycles. The van der Waals surface area contributed by atoms with Crippen molar-refractivity contribution in [1.82, 2.24) is 10.2 Å². The van der Waals surface area contributed by atoms with Crippen molar-refractivity contribution in [2.75, 3.05) is 11.9 Å². The van der Waals surface area contributed by atoms with Crippen LogP contribution < -0.4 is 11.1 Å². The second-order valence-corrected chi connectivity index (χ2v) is 5.78. The molecule has 1 aliphatic carbocycles. The maximum Gasteiger partial charge on any atom is 0.229 e. The Kier molecular flexibility index (Phi) is 5.07. The second kappa shape index (κ2) is 6.80. The van der Waals surface area contributed by atoms with Crippen LogP contribution in [-0.4, -0.2) is 22.6 Å². The fourth-order valence-electron chi connectivity index (χ4n) is 2.23. The predicted octanol–water partition coefficient (Wildman–Crippen LogP) is 1.95. The van der Waals surface area contributed by atoms with Gasteiger partial charge in [0.1, 0.15) is 5.01 Å². The number of nitrogens with zero attached hydrogens (tertiary/aromatic N) is 2. The zero-order valence-electron chi connectivity index (χ0n) is 10.5. The highest BCUT2D eigenvalue weighted by Crippen LogP contribution is 2.25. The van der Waals surface area contributed by atoms with Gasteiger partial charge in [0.15, 0.2) is 0 Å². The van der Waals surface area contributed by atoms with Gasteiger partial charge < -0.3 is 11.1 Å². The number of carbonyl (C=O) groups excluding carboxylic acids is 1. The van der Waals surface area contributed by atoms with Crippen LogP contribution in [0, 0.1) is 5.92 Å². The van der Waals surface area contributed by atoms with Gasteiger partial charge in [0, 0.05) is 12.3 Å². The van der Waals surface area contributed by atoms with E-state index in [1.54, 1.807) is 0 Å². The zero-order chi connectivity index (χ0) is 12.8. The first-order chi connectivity index (χ1) is 8.79. The minimum Gasteiger partial charge on any atom is -0.330 e. The fourth-order valence-corrected chi connectivity index (χ4v) is 3.02. The lowest BCUT2D eigenvalue weighted by atomic mass is 9.89. The number of nitrogens with one attached hydrogen (secondary N) is 1. The third-order valence-electron chi connectivity index (χ3n) is 3.27.